The van der Waals surface area contributed by atoms with Crippen LogP contribution in [0.3, 0.4) is 0 Å². The Morgan fingerprint density at radius 1 is 1.23 bits per heavy atom. The number of carboxylic acids is 1. The fraction of sp³-hybridized carbons (Fsp3) is 0.182. The van der Waals surface area contributed by atoms with E-state index >= 15 is 0 Å². The van der Waals surface area contributed by atoms with Crippen molar-refractivity contribution in [3.8, 4) is 17.6 Å². The highest BCUT2D eigenvalue weighted by Crippen LogP contribution is 2.40. The van der Waals surface area contributed by atoms with Gasteiger partial charge in [-0.25, -0.2) is 0 Å². The monoisotopic (exact) mass is 490 g/mol. The van der Waals surface area contributed by atoms with Crippen LogP contribution in [0.1, 0.15) is 33.1 Å². The zero-order valence-electron chi connectivity index (χ0n) is 17.7. The third-order valence-corrected chi connectivity index (χ3v) is 5.33. The summed E-state index contributed by atoms with van der Waals surface area (Å²) in [4.78, 5) is 36.8. The summed E-state index contributed by atoms with van der Waals surface area (Å²) in [6, 6.07) is 7.44. The fourth-order valence-electron chi connectivity index (χ4n) is 3.80. The zero-order chi connectivity index (χ0) is 24.8. The third-order valence-electron chi connectivity index (χ3n) is 5.33. The Kier molecular flexibility index (Phi) is 6.44. The topological polar surface area (TPSA) is 177 Å². The van der Waals surface area contributed by atoms with Crippen LogP contribution in [0.4, 0.5) is 13.2 Å². The van der Waals surface area contributed by atoms with E-state index in [2.05, 4.69) is 0 Å². The first-order valence-corrected chi connectivity index (χ1v) is 9.68. The van der Waals surface area contributed by atoms with Crippen molar-refractivity contribution in [2.24, 2.45) is 0 Å². The van der Waals surface area contributed by atoms with E-state index in [0.717, 1.165) is 16.7 Å². The number of carbonyl (C=O) groups is 2. The van der Waals surface area contributed by atoms with Crippen molar-refractivity contribution >= 4 is 22.8 Å². The van der Waals surface area contributed by atoms with Gasteiger partial charge < -0.3 is 26.4 Å². The molecule has 0 saturated carbocycles. The first-order valence-electron chi connectivity index (χ1n) is 9.68. The first-order chi connectivity index (χ1) is 16.0. The van der Waals surface area contributed by atoms with Crippen molar-refractivity contribution in [2.75, 3.05) is 13.2 Å². The first kappa shape index (κ1) is 25.1. The van der Waals surface area contributed by atoms with E-state index < -0.39 is 53.1 Å². The Hall–Kier alpha value is -4.57. The number of aromatic nitrogens is 1. The summed E-state index contributed by atoms with van der Waals surface area (Å²) in [7, 11) is 0. The largest absolute Gasteiger partial charge is 0.506 e. The van der Waals surface area contributed by atoms with Crippen LogP contribution < -0.4 is 21.8 Å². The molecule has 0 fully saturated rings. The molecular formula is C22H17F3N4O6. The van der Waals surface area contributed by atoms with Gasteiger partial charge >= 0.3 is 12.1 Å². The second-order valence-corrected chi connectivity index (χ2v) is 7.40. The standard InChI is InChI=1S/C22H14F3N3O6.H3N/c23-22(24,25)12-3-1-11(2-4-12)14-9-34-15-6-10(7-26)5-13-18(15)28(14)21(33)17(19(13)31)20(32)27-8-16(29)30;/h1-6,14,31H,8-9H2,(H,27,32)(H,29,30);1H3. The van der Waals surface area contributed by atoms with Gasteiger partial charge in [0.2, 0.25) is 0 Å². The van der Waals surface area contributed by atoms with E-state index in [9.17, 15) is 37.9 Å². The summed E-state index contributed by atoms with van der Waals surface area (Å²) in [5.74, 6) is -3.28. The molecule has 0 aliphatic carbocycles. The lowest BCUT2D eigenvalue weighted by Gasteiger charge is -2.30. The van der Waals surface area contributed by atoms with Gasteiger partial charge in [-0.1, -0.05) is 12.1 Å². The molecule has 0 radical (unpaired) electrons. The number of nitriles is 1. The molecule has 0 spiro atoms. The van der Waals surface area contributed by atoms with Crippen LogP contribution in [0.5, 0.6) is 11.5 Å². The zero-order valence-corrected chi connectivity index (χ0v) is 17.7. The lowest BCUT2D eigenvalue weighted by molar-refractivity contribution is -0.138. The molecule has 13 heteroatoms. The highest BCUT2D eigenvalue weighted by atomic mass is 19.4. The SMILES string of the molecule is N.N#Cc1cc2c3c(c1)c(O)c(C(=O)NCC(=O)O)c(=O)n3C(c1ccc(C(F)(F)F)cc1)CO2. The number of hydrogen-bond acceptors (Lipinski definition) is 7. The smallest absolute Gasteiger partial charge is 0.416 e. The van der Waals surface area contributed by atoms with Crippen molar-refractivity contribution in [1.29, 1.82) is 5.26 Å². The van der Waals surface area contributed by atoms with Gasteiger partial charge in [0.05, 0.1) is 28.8 Å². The van der Waals surface area contributed by atoms with Crippen molar-refractivity contribution < 1.29 is 37.7 Å². The van der Waals surface area contributed by atoms with E-state index in [0.29, 0.717) is 0 Å². The van der Waals surface area contributed by atoms with Gasteiger partial charge in [0, 0.05) is 11.5 Å². The second-order valence-electron chi connectivity index (χ2n) is 7.40. The molecule has 3 aromatic rings. The highest BCUT2D eigenvalue weighted by molar-refractivity contribution is 6.04. The molecule has 1 aromatic heterocycles. The minimum absolute atomic E-state index is 0. The number of alkyl halides is 3. The van der Waals surface area contributed by atoms with Crippen LogP contribution in [-0.2, 0) is 11.0 Å². The summed E-state index contributed by atoms with van der Waals surface area (Å²) in [5.41, 5.74) is -2.33. The fourth-order valence-corrected chi connectivity index (χ4v) is 3.80. The van der Waals surface area contributed by atoms with E-state index in [1.54, 1.807) is 0 Å². The maximum atomic E-state index is 13.4. The summed E-state index contributed by atoms with van der Waals surface area (Å²) >= 11 is 0. The normalized spacial score (nSPS) is 14.4. The number of nitrogens with zero attached hydrogens (tertiary/aromatic N) is 2. The molecule has 6 N–H and O–H groups in total. The molecule has 10 nitrogen and oxygen atoms in total. The quantitative estimate of drug-likeness (QED) is 0.431. The van der Waals surface area contributed by atoms with E-state index in [-0.39, 0.29) is 40.5 Å². The highest BCUT2D eigenvalue weighted by Gasteiger charge is 2.34. The molecule has 1 aliphatic rings. The van der Waals surface area contributed by atoms with Crippen LogP contribution in [0.2, 0.25) is 0 Å². The van der Waals surface area contributed by atoms with Crippen molar-refractivity contribution in [1.82, 2.24) is 16.0 Å². The molecule has 1 atom stereocenters. The number of amides is 1. The molecule has 182 valence electrons. The Morgan fingerprint density at radius 2 is 1.89 bits per heavy atom. The average Bonchev–Trinajstić information content (AvgIpc) is 2.80. The van der Waals surface area contributed by atoms with Gasteiger partial charge in [-0.15, -0.1) is 0 Å². The average molecular weight is 490 g/mol. The Morgan fingerprint density at radius 3 is 2.46 bits per heavy atom. The molecule has 1 amide bonds. The third kappa shape index (κ3) is 4.34. The van der Waals surface area contributed by atoms with Gasteiger partial charge in [0.1, 0.15) is 30.2 Å². The molecule has 2 aromatic carbocycles. The van der Waals surface area contributed by atoms with Crippen LogP contribution in [0, 0.1) is 11.3 Å². The minimum atomic E-state index is -4.57. The molecule has 4 rings (SSSR count). The lowest BCUT2D eigenvalue weighted by Crippen LogP contribution is -2.39. The number of rotatable bonds is 4. The molecule has 2 heterocycles. The number of nitrogens with one attached hydrogen (secondary N) is 1. The maximum absolute atomic E-state index is 13.4. The van der Waals surface area contributed by atoms with Crippen molar-refractivity contribution in [3.63, 3.8) is 0 Å². The number of pyridine rings is 1. The van der Waals surface area contributed by atoms with E-state index in [1.807, 2.05) is 11.4 Å². The molecular weight excluding hydrogens is 473 g/mol. The predicted molar refractivity (Wildman–Crippen MR) is 115 cm³/mol. The minimum Gasteiger partial charge on any atom is -0.506 e. The molecule has 1 unspecified atom stereocenters. The predicted octanol–water partition coefficient (Wildman–Crippen LogP) is 2.56. The summed E-state index contributed by atoms with van der Waals surface area (Å²) in [5, 5.41) is 30.8. The Labute approximate surface area is 194 Å². The Bertz CT molecular complexity index is 1440. The van der Waals surface area contributed by atoms with Crippen molar-refractivity contribution in [3.05, 3.63) is 69.0 Å². The number of hydrogen-bond donors (Lipinski definition) is 4. The molecule has 0 bridgehead atoms. The van der Waals surface area contributed by atoms with Gasteiger partial charge in [-0.2, -0.15) is 18.4 Å². The van der Waals surface area contributed by atoms with E-state index in [4.69, 9.17) is 9.84 Å². The number of benzene rings is 2. The van der Waals surface area contributed by atoms with Crippen molar-refractivity contribution in [2.45, 2.75) is 12.2 Å². The number of carbonyl (C=O) groups excluding carboxylic acids is 1. The second kappa shape index (κ2) is 8.99. The van der Waals surface area contributed by atoms with Gasteiger partial charge in [-0.05, 0) is 23.8 Å². The number of aliphatic carboxylic acids is 1. The molecule has 0 saturated heterocycles. The number of ether oxygens (including phenoxy) is 1. The number of aromatic hydroxyl groups is 1. The van der Waals surface area contributed by atoms with Crippen LogP contribution >= 0.6 is 0 Å². The van der Waals surface area contributed by atoms with Crippen LogP contribution in [-0.4, -0.2) is 39.8 Å². The number of carboxylic acid groups (broad SMARTS) is 1. The lowest BCUT2D eigenvalue weighted by atomic mass is 9.99. The molecule has 1 aliphatic heterocycles. The summed E-state index contributed by atoms with van der Waals surface area (Å²) in [6.07, 6.45) is -4.57. The van der Waals surface area contributed by atoms with Crippen LogP contribution in [0.25, 0.3) is 10.9 Å². The van der Waals surface area contributed by atoms with Gasteiger partial charge in [-0.3, -0.25) is 19.0 Å². The maximum Gasteiger partial charge on any atom is 0.416 e. The van der Waals surface area contributed by atoms with E-state index in [1.165, 1.54) is 24.3 Å². The van der Waals surface area contributed by atoms with Gasteiger partial charge in [0.15, 0.2) is 0 Å². The van der Waals surface area contributed by atoms with Gasteiger partial charge in [0.25, 0.3) is 11.5 Å². The number of halogens is 3. The Balaban J connectivity index is 0.00000342. The van der Waals surface area contributed by atoms with Crippen LogP contribution in [0.15, 0.2) is 41.2 Å². The summed E-state index contributed by atoms with van der Waals surface area (Å²) < 4.78 is 45.7. The molecule has 35 heavy (non-hydrogen) atoms. The summed E-state index contributed by atoms with van der Waals surface area (Å²) in [6.45, 7) is -1.05.